The molecule has 1 aromatic rings. The quantitative estimate of drug-likeness (QED) is 0.825. The molecule has 2 atom stereocenters. The van der Waals surface area contributed by atoms with E-state index in [-0.39, 0.29) is 17.5 Å². The standard InChI is InChI=1S/C18H26F2N2O/c1-4-11-22(17-8-6-5-7-16(17)21(2)3)18(23)13-9-10-14(19)15(20)12-13/h9-10,12,16-17H,4-8,11H2,1-3H3. The number of carbonyl (C=O) groups excluding carboxylic acids is 1. The highest BCUT2D eigenvalue weighted by Crippen LogP contribution is 2.27. The number of nitrogens with zero attached hydrogens (tertiary/aromatic N) is 2. The SMILES string of the molecule is CCCN(C(=O)c1ccc(F)c(F)c1)C1CCCCC1N(C)C. The van der Waals surface area contributed by atoms with E-state index in [1.54, 1.807) is 0 Å². The van der Waals surface area contributed by atoms with Gasteiger partial charge >= 0.3 is 0 Å². The molecule has 5 heteroatoms. The molecule has 0 spiro atoms. The summed E-state index contributed by atoms with van der Waals surface area (Å²) in [7, 11) is 4.07. The van der Waals surface area contributed by atoms with Gasteiger partial charge < -0.3 is 9.80 Å². The fourth-order valence-corrected chi connectivity index (χ4v) is 3.51. The highest BCUT2D eigenvalue weighted by atomic mass is 19.2. The largest absolute Gasteiger partial charge is 0.334 e. The number of rotatable bonds is 5. The monoisotopic (exact) mass is 324 g/mol. The summed E-state index contributed by atoms with van der Waals surface area (Å²) in [6.07, 6.45) is 5.12. The van der Waals surface area contributed by atoms with Crippen LogP contribution in [0, 0.1) is 11.6 Å². The summed E-state index contributed by atoms with van der Waals surface area (Å²) in [5, 5.41) is 0. The highest BCUT2D eigenvalue weighted by molar-refractivity contribution is 5.94. The van der Waals surface area contributed by atoms with Crippen molar-refractivity contribution in [1.29, 1.82) is 0 Å². The molecule has 0 radical (unpaired) electrons. The molecule has 3 nitrogen and oxygen atoms in total. The maximum atomic E-state index is 13.5. The van der Waals surface area contributed by atoms with Crippen LogP contribution in [-0.2, 0) is 0 Å². The minimum absolute atomic E-state index is 0.124. The van der Waals surface area contributed by atoms with E-state index in [4.69, 9.17) is 0 Å². The second-order valence-electron chi connectivity index (χ2n) is 6.51. The molecule has 23 heavy (non-hydrogen) atoms. The lowest BCUT2D eigenvalue weighted by molar-refractivity contribution is 0.0459. The topological polar surface area (TPSA) is 23.6 Å². The number of amides is 1. The van der Waals surface area contributed by atoms with E-state index in [1.807, 2.05) is 25.9 Å². The number of halogens is 2. The summed E-state index contributed by atoms with van der Waals surface area (Å²) in [4.78, 5) is 16.9. The summed E-state index contributed by atoms with van der Waals surface area (Å²) in [6, 6.07) is 3.84. The van der Waals surface area contributed by atoms with Crippen LogP contribution in [0.25, 0.3) is 0 Å². The van der Waals surface area contributed by atoms with Gasteiger partial charge in [0.1, 0.15) is 0 Å². The molecule has 1 aliphatic carbocycles. The van der Waals surface area contributed by atoms with Crippen molar-refractivity contribution in [3.05, 3.63) is 35.4 Å². The number of hydrogen-bond donors (Lipinski definition) is 0. The van der Waals surface area contributed by atoms with Gasteiger partial charge in [-0.05, 0) is 51.6 Å². The van der Waals surface area contributed by atoms with Crippen molar-refractivity contribution in [3.63, 3.8) is 0 Å². The van der Waals surface area contributed by atoms with Crippen LogP contribution in [-0.4, -0.2) is 48.4 Å². The molecule has 128 valence electrons. The molecular formula is C18H26F2N2O. The van der Waals surface area contributed by atoms with E-state index in [2.05, 4.69) is 4.90 Å². The molecule has 1 aliphatic rings. The van der Waals surface area contributed by atoms with Gasteiger partial charge in [0.05, 0.1) is 0 Å². The highest BCUT2D eigenvalue weighted by Gasteiger charge is 2.34. The minimum atomic E-state index is -0.972. The van der Waals surface area contributed by atoms with Crippen LogP contribution < -0.4 is 0 Å². The van der Waals surface area contributed by atoms with E-state index in [9.17, 15) is 13.6 Å². The fraction of sp³-hybridized carbons (Fsp3) is 0.611. The molecule has 0 heterocycles. The molecule has 0 saturated heterocycles. The maximum Gasteiger partial charge on any atom is 0.254 e. The van der Waals surface area contributed by atoms with E-state index in [0.29, 0.717) is 12.6 Å². The van der Waals surface area contributed by atoms with Gasteiger partial charge in [0, 0.05) is 24.2 Å². The Kier molecular flexibility index (Phi) is 6.10. The van der Waals surface area contributed by atoms with E-state index >= 15 is 0 Å². The Labute approximate surface area is 137 Å². The van der Waals surface area contributed by atoms with E-state index in [1.165, 1.54) is 12.5 Å². The number of hydrogen-bond acceptors (Lipinski definition) is 2. The van der Waals surface area contributed by atoms with Crippen molar-refractivity contribution in [3.8, 4) is 0 Å². The first-order valence-corrected chi connectivity index (χ1v) is 8.38. The van der Waals surface area contributed by atoms with Crippen LogP contribution in [0.2, 0.25) is 0 Å². The van der Waals surface area contributed by atoms with Gasteiger partial charge in [0.2, 0.25) is 0 Å². The van der Waals surface area contributed by atoms with Gasteiger partial charge in [-0.3, -0.25) is 4.79 Å². The van der Waals surface area contributed by atoms with Crippen LogP contribution in [0.15, 0.2) is 18.2 Å². The van der Waals surface area contributed by atoms with Gasteiger partial charge in [0.15, 0.2) is 11.6 Å². The van der Waals surface area contributed by atoms with E-state index in [0.717, 1.165) is 37.8 Å². The molecule has 0 N–H and O–H groups in total. The number of benzene rings is 1. The van der Waals surface area contributed by atoms with Crippen LogP contribution in [0.3, 0.4) is 0 Å². The molecule has 1 aromatic carbocycles. The predicted molar refractivity (Wildman–Crippen MR) is 87.4 cm³/mol. The van der Waals surface area contributed by atoms with Gasteiger partial charge in [-0.25, -0.2) is 8.78 Å². The second kappa shape index (κ2) is 7.86. The summed E-state index contributed by atoms with van der Waals surface area (Å²) >= 11 is 0. The Bertz CT molecular complexity index is 548. The van der Waals surface area contributed by atoms with Crippen LogP contribution in [0.4, 0.5) is 8.78 Å². The smallest absolute Gasteiger partial charge is 0.254 e. The summed E-state index contributed by atoms with van der Waals surface area (Å²) in [5.41, 5.74) is 0.223. The summed E-state index contributed by atoms with van der Waals surface area (Å²) in [6.45, 7) is 2.66. The minimum Gasteiger partial charge on any atom is -0.334 e. The third-order valence-electron chi connectivity index (χ3n) is 4.65. The average molecular weight is 324 g/mol. The van der Waals surface area contributed by atoms with Gasteiger partial charge in [-0.1, -0.05) is 19.8 Å². The molecule has 1 amide bonds. The van der Waals surface area contributed by atoms with Crippen molar-refractivity contribution in [2.24, 2.45) is 0 Å². The van der Waals surface area contributed by atoms with Crippen LogP contribution >= 0.6 is 0 Å². The summed E-state index contributed by atoms with van der Waals surface area (Å²) < 4.78 is 26.6. The van der Waals surface area contributed by atoms with Crippen LogP contribution in [0.1, 0.15) is 49.4 Å². The van der Waals surface area contributed by atoms with Crippen molar-refractivity contribution in [1.82, 2.24) is 9.80 Å². The first-order chi connectivity index (χ1) is 11.0. The number of carbonyl (C=O) groups is 1. The maximum absolute atomic E-state index is 13.5. The normalized spacial score (nSPS) is 21.5. The zero-order chi connectivity index (χ0) is 17.0. The molecule has 0 aliphatic heterocycles. The first-order valence-electron chi connectivity index (χ1n) is 8.38. The van der Waals surface area contributed by atoms with Crippen LogP contribution in [0.5, 0.6) is 0 Å². The zero-order valence-corrected chi connectivity index (χ0v) is 14.2. The Balaban J connectivity index is 2.28. The first kappa shape index (κ1) is 17.9. The van der Waals surface area contributed by atoms with Crippen molar-refractivity contribution in [2.75, 3.05) is 20.6 Å². The lowest BCUT2D eigenvalue weighted by Crippen LogP contribution is -2.53. The molecule has 2 unspecified atom stereocenters. The lowest BCUT2D eigenvalue weighted by atomic mass is 9.88. The van der Waals surface area contributed by atoms with Gasteiger partial charge in [-0.15, -0.1) is 0 Å². The Morgan fingerprint density at radius 2 is 1.78 bits per heavy atom. The fourth-order valence-electron chi connectivity index (χ4n) is 3.51. The van der Waals surface area contributed by atoms with Gasteiger partial charge in [-0.2, -0.15) is 0 Å². The predicted octanol–water partition coefficient (Wildman–Crippen LogP) is 3.69. The Morgan fingerprint density at radius 3 is 2.35 bits per heavy atom. The van der Waals surface area contributed by atoms with Gasteiger partial charge in [0.25, 0.3) is 5.91 Å². The third-order valence-corrected chi connectivity index (χ3v) is 4.65. The molecule has 0 aromatic heterocycles. The molecule has 2 rings (SSSR count). The van der Waals surface area contributed by atoms with Crippen molar-refractivity contribution >= 4 is 5.91 Å². The lowest BCUT2D eigenvalue weighted by Gasteiger charge is -2.43. The average Bonchev–Trinajstić information content (AvgIpc) is 2.54. The Morgan fingerprint density at radius 1 is 1.13 bits per heavy atom. The zero-order valence-electron chi connectivity index (χ0n) is 14.2. The Hall–Kier alpha value is -1.49. The molecular weight excluding hydrogens is 298 g/mol. The second-order valence-corrected chi connectivity index (χ2v) is 6.51. The number of likely N-dealkylation sites (N-methyl/N-ethyl adjacent to an activating group) is 1. The molecule has 0 bridgehead atoms. The molecule has 1 saturated carbocycles. The summed E-state index contributed by atoms with van der Waals surface area (Å²) in [5.74, 6) is -2.10. The van der Waals surface area contributed by atoms with Crippen molar-refractivity contribution in [2.45, 2.75) is 51.1 Å². The third kappa shape index (κ3) is 4.08. The van der Waals surface area contributed by atoms with E-state index < -0.39 is 11.6 Å². The molecule has 1 fully saturated rings. The van der Waals surface area contributed by atoms with Crippen molar-refractivity contribution < 1.29 is 13.6 Å².